The average molecular weight is 944 g/mol. The summed E-state index contributed by atoms with van der Waals surface area (Å²) in [5, 5.41) is 1.25. The zero-order valence-electron chi connectivity index (χ0n) is 40.9. The Hall–Kier alpha value is -8.80. The van der Waals surface area contributed by atoms with Crippen LogP contribution < -0.4 is 19.3 Å². The fourth-order valence-corrected chi connectivity index (χ4v) is 11.9. The molecule has 0 saturated carbocycles. The van der Waals surface area contributed by atoms with Gasteiger partial charge in [-0.05, 0) is 130 Å². The smallest absolute Gasteiger partial charge is 0.128 e. The van der Waals surface area contributed by atoms with Crippen molar-refractivity contribution in [2.24, 2.45) is 0 Å². The van der Waals surface area contributed by atoms with E-state index in [1.807, 2.05) is 0 Å². The van der Waals surface area contributed by atoms with E-state index in [0.717, 1.165) is 47.1 Å². The Morgan fingerprint density at radius 3 is 1.67 bits per heavy atom. The first-order chi connectivity index (χ1) is 36.0. The number of fused-ring (bicyclic) bond motifs is 6. The molecule has 4 atom stereocenters. The van der Waals surface area contributed by atoms with Crippen molar-refractivity contribution in [2.75, 3.05) is 9.80 Å². The van der Waals surface area contributed by atoms with Crippen LogP contribution in [0.3, 0.4) is 0 Å². The highest BCUT2D eigenvalue weighted by Gasteiger charge is 2.39. The number of ether oxygens (including phenoxy) is 2. The quantitative estimate of drug-likeness (QED) is 0.129. The molecule has 0 fully saturated rings. The summed E-state index contributed by atoms with van der Waals surface area (Å²) in [4.78, 5) is 4.88. The fraction of sp³-hybridized carbons (Fsp3) is 0.118. The minimum absolute atomic E-state index is 0.0194. The summed E-state index contributed by atoms with van der Waals surface area (Å²) in [5.41, 5.74) is 21.8. The van der Waals surface area contributed by atoms with Crippen molar-refractivity contribution in [3.05, 3.63) is 281 Å². The van der Waals surface area contributed by atoms with Crippen LogP contribution in [-0.2, 0) is 12.8 Å². The van der Waals surface area contributed by atoms with Crippen LogP contribution in [0.5, 0.6) is 11.5 Å². The minimum Gasteiger partial charge on any atom is -0.485 e. The van der Waals surface area contributed by atoms with Crippen molar-refractivity contribution >= 4 is 44.9 Å². The normalized spacial score (nSPS) is 17.9. The van der Waals surface area contributed by atoms with Crippen molar-refractivity contribution in [1.29, 1.82) is 0 Å². The van der Waals surface area contributed by atoms with Crippen molar-refractivity contribution in [3.63, 3.8) is 0 Å². The molecule has 4 aliphatic rings. The first-order valence-electron chi connectivity index (χ1n) is 25.6. The van der Waals surface area contributed by atoms with Gasteiger partial charge in [-0.25, -0.2) is 0 Å². The van der Waals surface area contributed by atoms with Crippen molar-refractivity contribution in [1.82, 2.24) is 4.57 Å². The zero-order valence-corrected chi connectivity index (χ0v) is 40.9. The van der Waals surface area contributed by atoms with Crippen molar-refractivity contribution in [3.8, 4) is 28.3 Å². The molecule has 9 aromatic carbocycles. The van der Waals surface area contributed by atoms with E-state index >= 15 is 0 Å². The van der Waals surface area contributed by atoms with Gasteiger partial charge in [-0.1, -0.05) is 158 Å². The van der Waals surface area contributed by atoms with Gasteiger partial charge in [-0.15, -0.1) is 0 Å². The molecule has 0 saturated heterocycles. The second-order valence-corrected chi connectivity index (χ2v) is 20.0. The van der Waals surface area contributed by atoms with Gasteiger partial charge in [0.25, 0.3) is 0 Å². The van der Waals surface area contributed by atoms with Gasteiger partial charge in [0.1, 0.15) is 23.7 Å². The number of hydrogen-bond donors (Lipinski definition) is 0. The summed E-state index contributed by atoms with van der Waals surface area (Å²) in [6.45, 7) is 4.47. The zero-order chi connectivity index (χ0) is 48.6. The maximum absolute atomic E-state index is 6.83. The fourth-order valence-electron chi connectivity index (χ4n) is 11.9. The van der Waals surface area contributed by atoms with Gasteiger partial charge in [0.15, 0.2) is 0 Å². The Balaban J connectivity index is 0.797. The van der Waals surface area contributed by atoms with Crippen LogP contribution in [0, 0.1) is 13.8 Å². The molecule has 0 spiro atoms. The summed E-state index contributed by atoms with van der Waals surface area (Å²) < 4.78 is 16.0. The van der Waals surface area contributed by atoms with Gasteiger partial charge in [-0.2, -0.15) is 0 Å². The highest BCUT2D eigenvalue weighted by atomic mass is 16.5. The lowest BCUT2D eigenvalue weighted by Gasteiger charge is -2.34. The van der Waals surface area contributed by atoms with Crippen LogP contribution in [0.4, 0.5) is 28.4 Å². The van der Waals surface area contributed by atoms with Gasteiger partial charge in [0.05, 0.1) is 11.6 Å². The molecule has 5 nitrogen and oxygen atoms in total. The van der Waals surface area contributed by atoms with E-state index < -0.39 is 0 Å². The monoisotopic (exact) mass is 943 g/mol. The van der Waals surface area contributed by atoms with Crippen LogP contribution in [0.1, 0.15) is 62.8 Å². The number of anilines is 5. The lowest BCUT2D eigenvalue weighted by atomic mass is 9.85. The molecule has 4 unspecified atom stereocenters. The summed E-state index contributed by atoms with van der Waals surface area (Å²) in [6, 6.07) is 79.0. The molecule has 2 heterocycles. The standard InChI is InChI=1S/C68H53N3O2/c1-44-45(2)69(52-19-7-4-8-20-52)65-36-34-55(42-62(44)65)70(53-30-25-47(26-31-53)46-15-5-3-6-16-46)54-32-27-48(28-33-54)49-29-35-66-63(37-49)61-23-13-14-24-64(61)71(66)56-40-57(72-67-38-50-17-9-11-21-59(50)67)43-58(41-56)73-68-39-51-18-10-12-22-60(51)68/h3-37,40-43,63,66-68H,38-39H2,1-2H3. The van der Waals surface area contributed by atoms with Gasteiger partial charge in [0.2, 0.25) is 0 Å². The Bertz CT molecular complexity index is 3720. The van der Waals surface area contributed by atoms with Crippen LogP contribution in [0.15, 0.2) is 237 Å². The van der Waals surface area contributed by atoms with Gasteiger partial charge in [0, 0.05) is 82.2 Å². The number of para-hydroxylation sites is 2. The predicted octanol–water partition coefficient (Wildman–Crippen LogP) is 17.0. The van der Waals surface area contributed by atoms with Gasteiger partial charge < -0.3 is 23.8 Å². The maximum Gasteiger partial charge on any atom is 0.128 e. The summed E-state index contributed by atoms with van der Waals surface area (Å²) in [5.74, 6) is 1.80. The van der Waals surface area contributed by atoms with E-state index in [-0.39, 0.29) is 24.2 Å². The Morgan fingerprint density at radius 2 is 1.03 bits per heavy atom. The first kappa shape index (κ1) is 43.0. The van der Waals surface area contributed by atoms with Crippen LogP contribution in [0.2, 0.25) is 0 Å². The Labute approximate surface area is 427 Å². The molecule has 0 amide bonds. The molecule has 14 rings (SSSR count). The number of rotatable bonds is 11. The topological polar surface area (TPSA) is 29.9 Å². The highest BCUT2D eigenvalue weighted by molar-refractivity contribution is 5.93. The highest BCUT2D eigenvalue weighted by Crippen LogP contribution is 2.52. The minimum atomic E-state index is 0.0194. The molecule has 0 N–H and O–H groups in total. The number of aromatic nitrogens is 1. The van der Waals surface area contributed by atoms with E-state index in [4.69, 9.17) is 9.47 Å². The van der Waals surface area contributed by atoms with Crippen molar-refractivity contribution in [2.45, 2.75) is 50.9 Å². The molecular weight excluding hydrogens is 891 g/mol. The molecule has 352 valence electrons. The number of allylic oxidation sites excluding steroid dienone is 2. The molecule has 1 aromatic heterocycles. The lowest BCUT2D eigenvalue weighted by Crippen LogP contribution is -2.29. The van der Waals surface area contributed by atoms with Gasteiger partial charge in [-0.3, -0.25) is 0 Å². The SMILES string of the molecule is Cc1c(C)n(-c2ccccc2)c2ccc(N(c3ccc(C4=CC5c6ccccc6N(c6cc(OC7Cc8ccccc87)cc(OC7Cc8ccccc87)c6)C5C=C4)cc3)c3ccc(-c4ccccc4)cc3)cc12. The number of aryl methyl sites for hydroxylation is 1. The maximum atomic E-state index is 6.83. The van der Waals surface area contributed by atoms with Crippen LogP contribution >= 0.6 is 0 Å². The van der Waals surface area contributed by atoms with Gasteiger partial charge >= 0.3 is 0 Å². The third-order valence-corrected chi connectivity index (χ3v) is 15.8. The molecule has 1 aliphatic heterocycles. The van der Waals surface area contributed by atoms with Crippen LogP contribution in [-0.4, -0.2) is 10.6 Å². The average Bonchev–Trinajstić information content (AvgIpc) is 3.89. The Kier molecular flexibility index (Phi) is 10.3. The molecule has 73 heavy (non-hydrogen) atoms. The van der Waals surface area contributed by atoms with E-state index in [2.05, 4.69) is 265 Å². The Morgan fingerprint density at radius 1 is 0.479 bits per heavy atom. The van der Waals surface area contributed by atoms with E-state index in [1.54, 1.807) is 0 Å². The predicted molar refractivity (Wildman–Crippen MR) is 299 cm³/mol. The number of hydrogen-bond acceptors (Lipinski definition) is 4. The summed E-state index contributed by atoms with van der Waals surface area (Å²) in [7, 11) is 0. The molecular formula is C68H53N3O2. The lowest BCUT2D eigenvalue weighted by molar-refractivity contribution is 0.170. The third kappa shape index (κ3) is 7.45. The van der Waals surface area contributed by atoms with E-state index in [9.17, 15) is 0 Å². The third-order valence-electron chi connectivity index (χ3n) is 15.8. The first-order valence-corrected chi connectivity index (χ1v) is 25.6. The molecule has 3 aliphatic carbocycles. The van der Waals surface area contributed by atoms with E-state index in [0.29, 0.717) is 0 Å². The largest absolute Gasteiger partial charge is 0.485 e. The summed E-state index contributed by atoms with van der Waals surface area (Å²) in [6.07, 6.45) is 9.04. The van der Waals surface area contributed by atoms with Crippen molar-refractivity contribution < 1.29 is 9.47 Å². The summed E-state index contributed by atoms with van der Waals surface area (Å²) >= 11 is 0. The second-order valence-electron chi connectivity index (χ2n) is 20.0. The second kappa shape index (κ2) is 17.5. The molecule has 5 heteroatoms. The number of nitrogens with zero attached hydrogens (tertiary/aromatic N) is 3. The molecule has 0 bridgehead atoms. The molecule has 0 radical (unpaired) electrons. The molecule has 10 aromatic rings. The van der Waals surface area contributed by atoms with E-state index in [1.165, 1.54) is 83.6 Å². The number of benzene rings is 9. The van der Waals surface area contributed by atoms with Crippen LogP contribution in [0.25, 0.3) is 33.3 Å².